The highest BCUT2D eigenvalue weighted by atomic mass is 19.1. The third-order valence-corrected chi connectivity index (χ3v) is 4.38. The van der Waals surface area contributed by atoms with Crippen LogP contribution in [-0.4, -0.2) is 18.2 Å². The first-order chi connectivity index (χ1) is 9.02. The second-order valence-electron chi connectivity index (χ2n) is 5.79. The Morgan fingerprint density at radius 3 is 2.63 bits per heavy atom. The second-order valence-corrected chi connectivity index (χ2v) is 5.79. The highest BCUT2D eigenvalue weighted by Gasteiger charge is 2.28. The van der Waals surface area contributed by atoms with Gasteiger partial charge < -0.3 is 10.0 Å². The van der Waals surface area contributed by atoms with Crippen LogP contribution in [0, 0.1) is 11.7 Å². The molecule has 1 aromatic rings. The highest BCUT2D eigenvalue weighted by molar-refractivity contribution is 5.56. The van der Waals surface area contributed by atoms with Crippen molar-refractivity contribution in [1.29, 1.82) is 0 Å². The minimum absolute atomic E-state index is 0.237. The lowest BCUT2D eigenvalue weighted by molar-refractivity contribution is 0.198. The third-order valence-electron chi connectivity index (χ3n) is 4.38. The van der Waals surface area contributed by atoms with Crippen LogP contribution in [0.15, 0.2) is 18.2 Å². The summed E-state index contributed by atoms with van der Waals surface area (Å²) in [6.07, 6.45) is 4.13. The van der Waals surface area contributed by atoms with Crippen molar-refractivity contribution >= 4 is 5.69 Å². The van der Waals surface area contributed by atoms with Gasteiger partial charge in [0, 0.05) is 18.7 Å². The Balaban J connectivity index is 2.34. The molecule has 3 atom stereocenters. The third kappa shape index (κ3) is 2.92. The molecule has 106 valence electrons. The molecule has 0 saturated heterocycles. The van der Waals surface area contributed by atoms with Crippen molar-refractivity contribution in [2.24, 2.45) is 5.92 Å². The number of para-hydroxylation sites is 1. The molecule has 0 aliphatic heterocycles. The summed E-state index contributed by atoms with van der Waals surface area (Å²) in [5, 5.41) is 9.85. The van der Waals surface area contributed by atoms with Crippen molar-refractivity contribution in [3.63, 3.8) is 0 Å². The van der Waals surface area contributed by atoms with E-state index in [1.165, 1.54) is 25.3 Å². The van der Waals surface area contributed by atoms with Gasteiger partial charge in [-0.2, -0.15) is 0 Å². The number of hydrogen-bond donors (Lipinski definition) is 1. The van der Waals surface area contributed by atoms with Gasteiger partial charge in [-0.15, -0.1) is 0 Å². The summed E-state index contributed by atoms with van der Waals surface area (Å²) in [5.41, 5.74) is 1.25. The van der Waals surface area contributed by atoms with Gasteiger partial charge in [-0.25, -0.2) is 4.39 Å². The fourth-order valence-electron chi connectivity index (χ4n) is 3.28. The molecule has 2 nitrogen and oxygen atoms in total. The lowest BCUT2D eigenvalue weighted by atomic mass is 9.84. The predicted octanol–water partition coefficient (Wildman–Crippen LogP) is 3.89. The molecule has 0 spiro atoms. The summed E-state index contributed by atoms with van der Waals surface area (Å²) in [6.45, 7) is 3.93. The van der Waals surface area contributed by atoms with Gasteiger partial charge in [-0.3, -0.25) is 0 Å². The Kier molecular flexibility index (Phi) is 4.46. The first-order valence-electron chi connectivity index (χ1n) is 7.21. The van der Waals surface area contributed by atoms with Crippen LogP contribution in [0.2, 0.25) is 0 Å². The maximum Gasteiger partial charge on any atom is 0.146 e. The highest BCUT2D eigenvalue weighted by Crippen LogP contribution is 2.35. The number of halogens is 1. The van der Waals surface area contributed by atoms with E-state index in [4.69, 9.17) is 0 Å². The zero-order chi connectivity index (χ0) is 14.0. The summed E-state index contributed by atoms with van der Waals surface area (Å²) in [5.74, 6) is 0.332. The van der Waals surface area contributed by atoms with Gasteiger partial charge in [0.25, 0.3) is 0 Å². The van der Waals surface area contributed by atoms with Crippen molar-refractivity contribution in [2.75, 3.05) is 11.9 Å². The van der Waals surface area contributed by atoms with Gasteiger partial charge in [-0.1, -0.05) is 31.9 Å². The van der Waals surface area contributed by atoms with Gasteiger partial charge >= 0.3 is 0 Å². The molecular formula is C16H24FNO. The van der Waals surface area contributed by atoms with E-state index in [1.54, 1.807) is 13.0 Å². The van der Waals surface area contributed by atoms with Crippen molar-refractivity contribution in [3.8, 4) is 0 Å². The largest absolute Gasteiger partial charge is 0.389 e. The molecule has 2 unspecified atom stereocenters. The van der Waals surface area contributed by atoms with Gasteiger partial charge in [0.15, 0.2) is 0 Å². The van der Waals surface area contributed by atoms with Crippen LogP contribution in [0.25, 0.3) is 0 Å². The molecule has 19 heavy (non-hydrogen) atoms. The summed E-state index contributed by atoms with van der Waals surface area (Å²) in [7, 11) is 1.96. The van der Waals surface area contributed by atoms with Crippen LogP contribution in [0.5, 0.6) is 0 Å². The second kappa shape index (κ2) is 5.91. The number of aliphatic hydroxyl groups is 1. The van der Waals surface area contributed by atoms with E-state index < -0.39 is 6.10 Å². The zero-order valence-electron chi connectivity index (χ0n) is 12.1. The van der Waals surface area contributed by atoms with Crippen LogP contribution in [-0.2, 0) is 0 Å². The van der Waals surface area contributed by atoms with Crippen LogP contribution >= 0.6 is 0 Å². The zero-order valence-corrected chi connectivity index (χ0v) is 12.1. The van der Waals surface area contributed by atoms with Gasteiger partial charge in [-0.05, 0) is 31.7 Å². The molecule has 2 rings (SSSR count). The quantitative estimate of drug-likeness (QED) is 0.896. The Hall–Kier alpha value is -1.09. The number of nitrogens with zero attached hydrogens (tertiary/aromatic N) is 1. The van der Waals surface area contributed by atoms with E-state index in [0.717, 1.165) is 6.42 Å². The van der Waals surface area contributed by atoms with Gasteiger partial charge in [0.05, 0.1) is 11.8 Å². The lowest BCUT2D eigenvalue weighted by Crippen LogP contribution is -2.40. The Bertz CT molecular complexity index is 433. The first-order valence-corrected chi connectivity index (χ1v) is 7.21. The molecule has 1 aromatic carbocycles. The molecule has 0 aromatic heterocycles. The molecule has 1 N–H and O–H groups in total. The molecule has 1 aliphatic carbocycles. The smallest absolute Gasteiger partial charge is 0.146 e. The van der Waals surface area contributed by atoms with E-state index in [0.29, 0.717) is 23.2 Å². The molecule has 0 bridgehead atoms. The van der Waals surface area contributed by atoms with E-state index in [9.17, 15) is 9.50 Å². The summed E-state index contributed by atoms with van der Waals surface area (Å²) >= 11 is 0. The van der Waals surface area contributed by atoms with E-state index in [1.807, 2.05) is 18.0 Å². The predicted molar refractivity (Wildman–Crippen MR) is 76.9 cm³/mol. The lowest BCUT2D eigenvalue weighted by Gasteiger charge is -2.39. The van der Waals surface area contributed by atoms with Crippen LogP contribution < -0.4 is 4.90 Å². The minimum Gasteiger partial charge on any atom is -0.389 e. The Labute approximate surface area is 115 Å². The maximum atomic E-state index is 14.2. The Morgan fingerprint density at radius 1 is 1.32 bits per heavy atom. The summed E-state index contributed by atoms with van der Waals surface area (Å²) in [6, 6.07) is 5.32. The molecule has 0 amide bonds. The fraction of sp³-hybridized carbons (Fsp3) is 0.625. The first kappa shape index (κ1) is 14.3. The number of anilines is 1. The molecule has 1 fully saturated rings. The van der Waals surface area contributed by atoms with Crippen molar-refractivity contribution < 1.29 is 9.50 Å². The maximum absolute atomic E-state index is 14.2. The molecule has 0 radical (unpaired) electrons. The summed E-state index contributed by atoms with van der Waals surface area (Å²) < 4.78 is 14.2. The van der Waals surface area contributed by atoms with Crippen LogP contribution in [0.1, 0.15) is 51.2 Å². The standard InChI is InChI=1S/C16H24FNO/c1-11-7-4-5-10-15(11)18(3)16-13(12(2)19)8-6-9-14(16)17/h6,8-9,11-12,15,19H,4-5,7,10H2,1-3H3/t11?,12-,15?/m0/s1. The van der Waals surface area contributed by atoms with Crippen molar-refractivity contribution in [3.05, 3.63) is 29.6 Å². The normalized spacial score (nSPS) is 25.1. The van der Waals surface area contributed by atoms with E-state index in [2.05, 4.69) is 6.92 Å². The molecular weight excluding hydrogens is 241 g/mol. The van der Waals surface area contributed by atoms with Crippen molar-refractivity contribution in [2.45, 2.75) is 51.7 Å². The van der Waals surface area contributed by atoms with Gasteiger partial charge in [0.2, 0.25) is 0 Å². The molecule has 0 heterocycles. The number of hydrogen-bond acceptors (Lipinski definition) is 2. The Morgan fingerprint density at radius 2 is 2.00 bits per heavy atom. The molecule has 1 saturated carbocycles. The minimum atomic E-state index is -0.646. The molecule has 3 heteroatoms. The SMILES string of the molecule is CC1CCCCC1N(C)c1c(F)cccc1[C@H](C)O. The summed E-state index contributed by atoms with van der Waals surface area (Å²) in [4.78, 5) is 2.04. The fourth-order valence-corrected chi connectivity index (χ4v) is 3.28. The van der Waals surface area contributed by atoms with Crippen LogP contribution in [0.3, 0.4) is 0 Å². The topological polar surface area (TPSA) is 23.5 Å². The number of benzene rings is 1. The monoisotopic (exact) mass is 265 g/mol. The average Bonchev–Trinajstić information content (AvgIpc) is 2.38. The molecule has 1 aliphatic rings. The van der Waals surface area contributed by atoms with E-state index >= 15 is 0 Å². The average molecular weight is 265 g/mol. The van der Waals surface area contributed by atoms with Gasteiger partial charge in [0.1, 0.15) is 5.82 Å². The number of aliphatic hydroxyl groups excluding tert-OH is 1. The van der Waals surface area contributed by atoms with E-state index in [-0.39, 0.29) is 5.82 Å². The number of rotatable bonds is 3. The van der Waals surface area contributed by atoms with Crippen LogP contribution in [0.4, 0.5) is 10.1 Å². The van der Waals surface area contributed by atoms with Crippen molar-refractivity contribution in [1.82, 2.24) is 0 Å².